The number of hydrogen-bond donors (Lipinski definition) is 1. The molecule has 0 bridgehead atoms. The van der Waals surface area contributed by atoms with E-state index in [0.29, 0.717) is 5.56 Å². The smallest absolute Gasteiger partial charge is 0.236 e. The molecule has 6 heteroatoms. The van der Waals surface area contributed by atoms with Gasteiger partial charge in [-0.1, -0.05) is 48.0 Å². The van der Waals surface area contributed by atoms with Crippen LogP contribution in [0.4, 0.5) is 0 Å². The molecule has 2 aromatic carbocycles. The van der Waals surface area contributed by atoms with Crippen LogP contribution in [-0.2, 0) is 14.6 Å². The zero-order valence-electron chi connectivity index (χ0n) is 13.3. The van der Waals surface area contributed by atoms with Crippen molar-refractivity contribution in [3.8, 4) is 0 Å². The number of carbonyl (C=O) groups excluding carboxylic acids is 2. The number of primary amides is 1. The average Bonchev–Trinajstić information content (AvgIpc) is 2.55. The normalized spacial score (nSPS) is 12.5. The Kier molecular flexibility index (Phi) is 5.51. The van der Waals surface area contributed by atoms with Gasteiger partial charge in [-0.15, -0.1) is 0 Å². The van der Waals surface area contributed by atoms with E-state index in [1.807, 2.05) is 6.92 Å². The molecule has 0 aromatic heterocycles. The summed E-state index contributed by atoms with van der Waals surface area (Å²) in [5, 5.41) is -1.42. The summed E-state index contributed by atoms with van der Waals surface area (Å²) in [6.45, 7) is 1.91. The zero-order valence-corrected chi connectivity index (χ0v) is 14.1. The molecule has 1 atom stereocenters. The molecule has 5 nitrogen and oxygen atoms in total. The van der Waals surface area contributed by atoms with Gasteiger partial charge in [0.2, 0.25) is 5.91 Å². The van der Waals surface area contributed by atoms with Crippen LogP contribution < -0.4 is 5.73 Å². The number of carbonyl (C=O) groups is 2. The highest BCUT2D eigenvalue weighted by atomic mass is 32.2. The fourth-order valence-electron chi connectivity index (χ4n) is 2.37. The van der Waals surface area contributed by atoms with Crippen molar-refractivity contribution in [3.05, 3.63) is 65.7 Å². The predicted octanol–water partition coefficient (Wildman–Crippen LogP) is 2.29. The third-order valence-corrected chi connectivity index (χ3v) is 5.92. The van der Waals surface area contributed by atoms with Crippen molar-refractivity contribution in [2.45, 2.75) is 29.9 Å². The Balaban J connectivity index is 2.16. The molecule has 0 radical (unpaired) electrons. The van der Waals surface area contributed by atoms with Gasteiger partial charge >= 0.3 is 0 Å². The number of rotatable bonds is 7. The Hall–Kier alpha value is -2.47. The zero-order chi connectivity index (χ0) is 17.7. The molecular weight excluding hydrogens is 326 g/mol. The van der Waals surface area contributed by atoms with Crippen molar-refractivity contribution in [2.24, 2.45) is 5.73 Å². The summed E-state index contributed by atoms with van der Waals surface area (Å²) in [5.74, 6) is -1.17. The van der Waals surface area contributed by atoms with E-state index in [4.69, 9.17) is 5.73 Å². The van der Waals surface area contributed by atoms with E-state index in [2.05, 4.69) is 0 Å². The van der Waals surface area contributed by atoms with Gasteiger partial charge in [-0.05, 0) is 25.5 Å². The van der Waals surface area contributed by atoms with E-state index in [1.54, 1.807) is 42.5 Å². The molecule has 0 aliphatic carbocycles. The lowest BCUT2D eigenvalue weighted by Crippen LogP contribution is -2.36. The molecule has 126 valence electrons. The van der Waals surface area contributed by atoms with E-state index >= 15 is 0 Å². The standard InChI is InChI=1S/C18H19NO4S/c1-13-7-9-14(10-8-13)16(20)11-12-17(18(19)21)24(22,23)15-5-3-2-4-6-15/h2-10,17H,11-12H2,1H3,(H2,19,21)/t17-/m1/s1. The van der Waals surface area contributed by atoms with Gasteiger partial charge in [0.1, 0.15) is 5.25 Å². The Morgan fingerprint density at radius 3 is 2.12 bits per heavy atom. The summed E-state index contributed by atoms with van der Waals surface area (Å²) in [6, 6.07) is 14.6. The van der Waals surface area contributed by atoms with Crippen molar-refractivity contribution >= 4 is 21.5 Å². The number of amides is 1. The lowest BCUT2D eigenvalue weighted by molar-refractivity contribution is -0.117. The minimum Gasteiger partial charge on any atom is -0.369 e. The number of nitrogens with two attached hydrogens (primary N) is 1. The van der Waals surface area contributed by atoms with Crippen LogP contribution in [0.25, 0.3) is 0 Å². The molecule has 0 spiro atoms. The first-order chi connectivity index (χ1) is 11.3. The van der Waals surface area contributed by atoms with Gasteiger partial charge < -0.3 is 5.73 Å². The Labute approximate surface area is 141 Å². The molecular formula is C18H19NO4S. The summed E-state index contributed by atoms with van der Waals surface area (Å²) < 4.78 is 25.1. The lowest BCUT2D eigenvalue weighted by atomic mass is 10.0. The topological polar surface area (TPSA) is 94.3 Å². The molecule has 0 heterocycles. The van der Waals surface area contributed by atoms with Crippen LogP contribution >= 0.6 is 0 Å². The second-order valence-corrected chi connectivity index (χ2v) is 7.71. The maximum Gasteiger partial charge on any atom is 0.236 e. The quantitative estimate of drug-likeness (QED) is 0.779. The number of benzene rings is 2. The third kappa shape index (κ3) is 4.08. The number of sulfone groups is 1. The highest BCUT2D eigenvalue weighted by Gasteiger charge is 2.32. The number of Topliss-reactive ketones (excluding diaryl/α,β-unsaturated/α-hetero) is 1. The van der Waals surface area contributed by atoms with Gasteiger partial charge in [-0.3, -0.25) is 9.59 Å². The van der Waals surface area contributed by atoms with Gasteiger partial charge in [-0.25, -0.2) is 8.42 Å². The molecule has 0 saturated heterocycles. The van der Waals surface area contributed by atoms with Gasteiger partial charge in [0.25, 0.3) is 0 Å². The van der Waals surface area contributed by atoms with Crippen molar-refractivity contribution in [1.29, 1.82) is 0 Å². The first-order valence-corrected chi connectivity index (χ1v) is 9.05. The van der Waals surface area contributed by atoms with Crippen LogP contribution in [0.5, 0.6) is 0 Å². The summed E-state index contributed by atoms with van der Waals surface area (Å²) in [4.78, 5) is 23.9. The second-order valence-electron chi connectivity index (χ2n) is 5.58. The third-order valence-electron chi connectivity index (χ3n) is 3.77. The van der Waals surface area contributed by atoms with Gasteiger partial charge in [0, 0.05) is 12.0 Å². The fraction of sp³-hybridized carbons (Fsp3) is 0.222. The van der Waals surface area contributed by atoms with Gasteiger partial charge in [0.15, 0.2) is 15.6 Å². The molecule has 0 aliphatic heterocycles. The Morgan fingerprint density at radius 1 is 1.00 bits per heavy atom. The SMILES string of the molecule is Cc1ccc(C(=O)CC[C@H](C(N)=O)S(=O)(=O)c2ccccc2)cc1. The average molecular weight is 345 g/mol. The summed E-state index contributed by atoms with van der Waals surface area (Å²) >= 11 is 0. The second kappa shape index (κ2) is 7.40. The van der Waals surface area contributed by atoms with E-state index in [-0.39, 0.29) is 23.5 Å². The maximum atomic E-state index is 12.6. The highest BCUT2D eigenvalue weighted by molar-refractivity contribution is 7.92. The molecule has 2 rings (SSSR count). The lowest BCUT2D eigenvalue weighted by Gasteiger charge is -2.14. The monoisotopic (exact) mass is 345 g/mol. The minimum atomic E-state index is -3.91. The molecule has 2 aromatic rings. The minimum absolute atomic E-state index is 0.0246. The Morgan fingerprint density at radius 2 is 1.58 bits per heavy atom. The molecule has 0 saturated carbocycles. The fourth-order valence-corrected chi connectivity index (χ4v) is 3.97. The van der Waals surface area contributed by atoms with Crippen LogP contribution in [-0.4, -0.2) is 25.4 Å². The van der Waals surface area contributed by atoms with Crippen LogP contribution in [0.1, 0.15) is 28.8 Å². The molecule has 0 aliphatic rings. The van der Waals surface area contributed by atoms with E-state index in [0.717, 1.165) is 5.56 Å². The first kappa shape index (κ1) is 17.9. The van der Waals surface area contributed by atoms with Crippen molar-refractivity contribution < 1.29 is 18.0 Å². The molecule has 0 fully saturated rings. The summed E-state index contributed by atoms with van der Waals surface area (Å²) in [7, 11) is -3.91. The van der Waals surface area contributed by atoms with Crippen LogP contribution in [0.15, 0.2) is 59.5 Å². The van der Waals surface area contributed by atoms with E-state index in [9.17, 15) is 18.0 Å². The van der Waals surface area contributed by atoms with Gasteiger partial charge in [-0.2, -0.15) is 0 Å². The van der Waals surface area contributed by atoms with E-state index in [1.165, 1.54) is 12.1 Å². The molecule has 0 unspecified atom stereocenters. The van der Waals surface area contributed by atoms with Crippen LogP contribution in [0.2, 0.25) is 0 Å². The van der Waals surface area contributed by atoms with Crippen molar-refractivity contribution in [2.75, 3.05) is 0 Å². The van der Waals surface area contributed by atoms with Crippen LogP contribution in [0, 0.1) is 6.92 Å². The van der Waals surface area contributed by atoms with Gasteiger partial charge in [0.05, 0.1) is 4.90 Å². The largest absolute Gasteiger partial charge is 0.369 e. The van der Waals surface area contributed by atoms with Crippen molar-refractivity contribution in [3.63, 3.8) is 0 Å². The number of aryl methyl sites for hydroxylation is 1. The Bertz CT molecular complexity index is 827. The van der Waals surface area contributed by atoms with E-state index < -0.39 is 21.0 Å². The molecule has 2 N–H and O–H groups in total. The number of ketones is 1. The summed E-state index contributed by atoms with van der Waals surface area (Å²) in [5.41, 5.74) is 6.78. The van der Waals surface area contributed by atoms with Crippen molar-refractivity contribution in [1.82, 2.24) is 0 Å². The maximum absolute atomic E-state index is 12.6. The number of hydrogen-bond acceptors (Lipinski definition) is 4. The molecule has 1 amide bonds. The summed E-state index contributed by atoms with van der Waals surface area (Å²) in [6.07, 6.45) is -0.206. The predicted molar refractivity (Wildman–Crippen MR) is 91.4 cm³/mol. The molecule has 24 heavy (non-hydrogen) atoms. The highest BCUT2D eigenvalue weighted by Crippen LogP contribution is 2.20. The van der Waals surface area contributed by atoms with Crippen LogP contribution in [0.3, 0.4) is 0 Å². The first-order valence-electron chi connectivity index (χ1n) is 7.50.